The van der Waals surface area contributed by atoms with Crippen molar-refractivity contribution in [3.8, 4) is 0 Å². The number of carbonyl (C=O) groups is 3. The Morgan fingerprint density at radius 3 is 2.44 bits per heavy atom. The van der Waals surface area contributed by atoms with Crippen LogP contribution in [0, 0.1) is 5.92 Å². The number of benzene rings is 1. The highest BCUT2D eigenvalue weighted by Gasteiger charge is 2.53. The molecule has 1 atom stereocenters. The summed E-state index contributed by atoms with van der Waals surface area (Å²) in [5.41, 5.74) is -0.579. The van der Waals surface area contributed by atoms with Gasteiger partial charge in [0, 0.05) is 19.5 Å². The number of nitrogens with one attached hydrogen (secondary N) is 1. The van der Waals surface area contributed by atoms with Crippen LogP contribution in [0.25, 0.3) is 0 Å². The van der Waals surface area contributed by atoms with Gasteiger partial charge in [0.25, 0.3) is 5.89 Å². The largest absolute Gasteiger partial charge is 0.442 e. The molecule has 0 spiro atoms. The Bertz CT molecular complexity index is 1120. The lowest BCUT2D eigenvalue weighted by atomic mass is 10.0. The fourth-order valence-electron chi connectivity index (χ4n) is 3.99. The summed E-state index contributed by atoms with van der Waals surface area (Å²) >= 11 is 0. The summed E-state index contributed by atoms with van der Waals surface area (Å²) in [6.07, 6.45) is 3.11. The molecule has 11 heteroatoms. The number of oxazole rings is 1. The normalized spacial score (nSPS) is 18.2. The van der Waals surface area contributed by atoms with E-state index in [-0.39, 0.29) is 24.0 Å². The molecule has 1 aromatic carbocycles. The maximum Gasteiger partial charge on any atom is 0.265 e. The Kier molecular flexibility index (Phi) is 7.13. The molecule has 182 valence electrons. The Hall–Kier alpha value is -3.05. The third-order valence-electron chi connectivity index (χ3n) is 6.01. The Balaban J connectivity index is 1.49. The van der Waals surface area contributed by atoms with E-state index in [1.165, 1.54) is 12.5 Å². The van der Waals surface area contributed by atoms with Gasteiger partial charge in [-0.25, -0.2) is 13.4 Å². The van der Waals surface area contributed by atoms with E-state index in [0.717, 1.165) is 0 Å². The van der Waals surface area contributed by atoms with E-state index in [0.29, 0.717) is 44.7 Å². The molecule has 2 aromatic rings. The molecule has 0 bridgehead atoms. The highest BCUT2D eigenvalue weighted by atomic mass is 32.2. The van der Waals surface area contributed by atoms with Gasteiger partial charge in [-0.2, -0.15) is 0 Å². The fourth-order valence-corrected chi connectivity index (χ4v) is 5.69. The first kappa shape index (κ1) is 24.1. The quantitative estimate of drug-likeness (QED) is 0.488. The lowest BCUT2D eigenvalue weighted by molar-refractivity contribution is -0.139. The third kappa shape index (κ3) is 5.89. The number of hydrogen-bond donors (Lipinski definition) is 1. The Morgan fingerprint density at radius 2 is 1.82 bits per heavy atom. The van der Waals surface area contributed by atoms with Crippen molar-refractivity contribution in [2.45, 2.75) is 30.6 Å². The van der Waals surface area contributed by atoms with Gasteiger partial charge in [0.15, 0.2) is 9.84 Å². The molecule has 2 heterocycles. The molecular weight excluding hydrogens is 462 g/mol. The fraction of sp³-hybridized carbons (Fsp3) is 0.478. The van der Waals surface area contributed by atoms with Gasteiger partial charge in [-0.3, -0.25) is 14.4 Å². The van der Waals surface area contributed by atoms with E-state index in [9.17, 15) is 22.8 Å². The zero-order valence-electron chi connectivity index (χ0n) is 18.6. The second kappa shape index (κ2) is 10.1. The van der Waals surface area contributed by atoms with Crippen molar-refractivity contribution in [2.24, 2.45) is 5.92 Å². The van der Waals surface area contributed by atoms with Crippen molar-refractivity contribution in [2.75, 3.05) is 32.1 Å². The van der Waals surface area contributed by atoms with Gasteiger partial charge in [-0.05, 0) is 18.4 Å². The van der Waals surface area contributed by atoms with E-state index >= 15 is 0 Å². The molecule has 1 aliphatic carbocycles. The minimum atomic E-state index is -3.73. The van der Waals surface area contributed by atoms with Crippen LogP contribution in [-0.2, 0) is 29.9 Å². The maximum absolute atomic E-state index is 13.2. The molecule has 10 nitrogen and oxygen atoms in total. The van der Waals surface area contributed by atoms with Crippen LogP contribution in [0.15, 0.2) is 47.2 Å². The number of carbonyl (C=O) groups excluding carboxylic acids is 3. The minimum Gasteiger partial charge on any atom is -0.442 e. The molecule has 1 saturated carbocycles. The van der Waals surface area contributed by atoms with Gasteiger partial charge in [-0.1, -0.05) is 30.3 Å². The van der Waals surface area contributed by atoms with Crippen LogP contribution < -0.4 is 5.32 Å². The number of amides is 2. The van der Waals surface area contributed by atoms with Crippen LogP contribution in [0.5, 0.6) is 0 Å². The molecule has 1 N–H and O–H groups in total. The maximum atomic E-state index is 13.2. The summed E-state index contributed by atoms with van der Waals surface area (Å²) in [4.78, 5) is 44.3. The molecule has 1 aromatic heterocycles. The monoisotopic (exact) mass is 489 g/mol. The summed E-state index contributed by atoms with van der Waals surface area (Å²) in [5.74, 6) is -3.43. The Labute approximate surface area is 197 Å². The van der Waals surface area contributed by atoms with Crippen molar-refractivity contribution in [3.63, 3.8) is 0 Å². The van der Waals surface area contributed by atoms with E-state index in [1.807, 2.05) is 0 Å². The second-order valence-corrected chi connectivity index (χ2v) is 10.8. The zero-order chi connectivity index (χ0) is 24.2. The van der Waals surface area contributed by atoms with Gasteiger partial charge in [0.1, 0.15) is 11.8 Å². The average molecular weight is 490 g/mol. The van der Waals surface area contributed by atoms with Gasteiger partial charge in [-0.15, -0.1) is 0 Å². The molecule has 2 amide bonds. The predicted molar refractivity (Wildman–Crippen MR) is 120 cm³/mol. The minimum absolute atomic E-state index is 0.115. The number of aromatic nitrogens is 1. The molecule has 4 rings (SSSR count). The SMILES string of the molecule is O=C(NC1(C(=O)c2ncco2)CC1)C(CC(=O)N1CCOCC1)CS(=O)(=O)Cc1ccccc1. The van der Waals surface area contributed by atoms with Gasteiger partial charge in [0.05, 0.1) is 36.8 Å². The van der Waals surface area contributed by atoms with E-state index < -0.39 is 38.7 Å². The highest BCUT2D eigenvalue weighted by molar-refractivity contribution is 7.90. The number of Topliss-reactive ketones (excluding diaryl/α,β-unsaturated/α-hetero) is 1. The van der Waals surface area contributed by atoms with Crippen molar-refractivity contribution in [3.05, 3.63) is 54.2 Å². The number of hydrogen-bond acceptors (Lipinski definition) is 8. The highest BCUT2D eigenvalue weighted by Crippen LogP contribution is 2.38. The summed E-state index contributed by atoms with van der Waals surface area (Å²) in [6, 6.07) is 8.65. The molecule has 2 aliphatic rings. The number of ketones is 1. The molecule has 1 saturated heterocycles. The molecular formula is C23H27N3O7S. The number of nitrogens with zero attached hydrogens (tertiary/aromatic N) is 2. The summed E-state index contributed by atoms with van der Waals surface area (Å²) in [6.45, 7) is 1.55. The van der Waals surface area contributed by atoms with Crippen molar-refractivity contribution in [1.82, 2.24) is 15.2 Å². The molecule has 34 heavy (non-hydrogen) atoms. The lowest BCUT2D eigenvalue weighted by Gasteiger charge is -2.28. The lowest BCUT2D eigenvalue weighted by Crippen LogP contribution is -2.49. The first-order chi connectivity index (χ1) is 16.3. The molecule has 2 fully saturated rings. The van der Waals surface area contributed by atoms with Crippen LogP contribution in [0.1, 0.15) is 35.5 Å². The van der Waals surface area contributed by atoms with E-state index in [2.05, 4.69) is 10.3 Å². The topological polar surface area (TPSA) is 136 Å². The summed E-state index contributed by atoms with van der Waals surface area (Å²) in [7, 11) is -3.73. The van der Waals surface area contributed by atoms with E-state index in [1.54, 1.807) is 35.2 Å². The first-order valence-corrected chi connectivity index (χ1v) is 13.0. The number of rotatable bonds is 10. The van der Waals surface area contributed by atoms with Crippen LogP contribution in [-0.4, -0.2) is 73.5 Å². The molecule has 1 aliphatic heterocycles. The van der Waals surface area contributed by atoms with Crippen LogP contribution in [0.2, 0.25) is 0 Å². The van der Waals surface area contributed by atoms with Crippen molar-refractivity contribution in [1.29, 1.82) is 0 Å². The third-order valence-corrected chi connectivity index (χ3v) is 7.70. The van der Waals surface area contributed by atoms with Crippen LogP contribution in [0.3, 0.4) is 0 Å². The molecule has 1 unspecified atom stereocenters. The first-order valence-electron chi connectivity index (χ1n) is 11.1. The van der Waals surface area contributed by atoms with Crippen molar-refractivity contribution >= 4 is 27.4 Å². The van der Waals surface area contributed by atoms with Gasteiger partial charge < -0.3 is 19.4 Å². The summed E-state index contributed by atoms with van der Waals surface area (Å²) in [5, 5.41) is 2.70. The van der Waals surface area contributed by atoms with Crippen LogP contribution >= 0.6 is 0 Å². The Morgan fingerprint density at radius 1 is 1.12 bits per heavy atom. The van der Waals surface area contributed by atoms with Crippen molar-refractivity contribution < 1.29 is 32.0 Å². The predicted octanol–water partition coefficient (Wildman–Crippen LogP) is 0.986. The van der Waals surface area contributed by atoms with Gasteiger partial charge >= 0.3 is 0 Å². The second-order valence-electron chi connectivity index (χ2n) is 8.67. The number of morpholine rings is 1. The standard InChI is InChI=1S/C23H27N3O7S/c27-19(26-9-12-32-13-10-26)14-18(16-34(30,31)15-17-4-2-1-3-5-17)21(29)25-23(6-7-23)20(28)22-24-8-11-33-22/h1-5,8,11,18H,6-7,9-10,12-16H2,(H,25,29). The number of sulfone groups is 1. The number of ether oxygens (including phenoxy) is 1. The van der Waals surface area contributed by atoms with E-state index in [4.69, 9.17) is 9.15 Å². The molecule has 0 radical (unpaired) electrons. The zero-order valence-corrected chi connectivity index (χ0v) is 19.5. The van der Waals surface area contributed by atoms with Gasteiger partial charge in [0.2, 0.25) is 17.6 Å². The average Bonchev–Trinajstić information content (AvgIpc) is 3.39. The van der Waals surface area contributed by atoms with Crippen LogP contribution in [0.4, 0.5) is 0 Å². The smallest absolute Gasteiger partial charge is 0.265 e. The summed E-state index contributed by atoms with van der Waals surface area (Å²) < 4.78 is 36.3.